The van der Waals surface area contributed by atoms with E-state index >= 15 is 0 Å². The van der Waals surface area contributed by atoms with Crippen molar-refractivity contribution >= 4 is 53.0 Å². The highest BCUT2D eigenvalue weighted by Crippen LogP contribution is 2.36. The molecule has 1 atom stereocenters. The molecule has 2 rings (SSSR count). The lowest BCUT2D eigenvalue weighted by molar-refractivity contribution is -0.137. The minimum atomic E-state index is -1.41. The number of benzene rings is 1. The minimum absolute atomic E-state index is 0.00772. The zero-order valence-electron chi connectivity index (χ0n) is 8.62. The monoisotopic (exact) mass is 306 g/mol. The lowest BCUT2D eigenvalue weighted by atomic mass is 10.2. The molecule has 8 heteroatoms. The number of nitrogens with zero attached hydrogens (tertiary/aromatic N) is 1. The van der Waals surface area contributed by atoms with Crippen molar-refractivity contribution in [3.05, 3.63) is 27.2 Å². The largest absolute Gasteiger partial charge is 0.467 e. The van der Waals surface area contributed by atoms with Crippen molar-refractivity contribution in [2.24, 2.45) is 4.99 Å². The van der Waals surface area contributed by atoms with E-state index in [1.165, 1.54) is 12.1 Å². The number of ether oxygens (including phenoxy) is 1. The van der Waals surface area contributed by atoms with Crippen molar-refractivity contribution in [3.63, 3.8) is 0 Å². The molecule has 1 heterocycles. The van der Waals surface area contributed by atoms with Crippen LogP contribution in [0.25, 0.3) is 0 Å². The van der Waals surface area contributed by atoms with Gasteiger partial charge in [0.05, 0.1) is 16.4 Å². The normalized spacial score (nSPS) is 18.7. The van der Waals surface area contributed by atoms with Gasteiger partial charge in [-0.3, -0.25) is 9.59 Å². The second kappa shape index (κ2) is 5.14. The third-order valence-electron chi connectivity index (χ3n) is 2.06. The standard InChI is InChI=1S/C10H5Cl3N2O3/c11-4-1-5(12)7(6(13)2-4)18-8-9(16)14-3-15-10(8)17/h1-3,8H,(H,14,15,16,17). The van der Waals surface area contributed by atoms with E-state index in [0.29, 0.717) is 5.02 Å². The van der Waals surface area contributed by atoms with Crippen LogP contribution in [0, 0.1) is 0 Å². The summed E-state index contributed by atoms with van der Waals surface area (Å²) in [6.45, 7) is 0. The van der Waals surface area contributed by atoms with Gasteiger partial charge in [-0.15, -0.1) is 0 Å². The van der Waals surface area contributed by atoms with Crippen molar-refractivity contribution in [2.75, 3.05) is 0 Å². The molecule has 18 heavy (non-hydrogen) atoms. The predicted octanol–water partition coefficient (Wildman–Crippen LogP) is 2.08. The molecule has 1 N–H and O–H groups in total. The van der Waals surface area contributed by atoms with Crippen LogP contribution in [0.3, 0.4) is 0 Å². The second-order valence-corrected chi connectivity index (χ2v) is 4.55. The average Bonchev–Trinajstić information content (AvgIpc) is 2.26. The molecule has 1 unspecified atom stereocenters. The number of hydrogen-bond acceptors (Lipinski definition) is 3. The first-order chi connectivity index (χ1) is 8.49. The number of hydrogen-bond donors (Lipinski definition) is 1. The van der Waals surface area contributed by atoms with E-state index in [2.05, 4.69) is 10.3 Å². The van der Waals surface area contributed by atoms with E-state index in [9.17, 15) is 9.59 Å². The molecule has 1 aromatic carbocycles. The zero-order chi connectivity index (χ0) is 13.3. The van der Waals surface area contributed by atoms with Crippen LogP contribution in [0.2, 0.25) is 15.1 Å². The van der Waals surface area contributed by atoms with Crippen molar-refractivity contribution in [1.82, 2.24) is 5.32 Å². The van der Waals surface area contributed by atoms with Crippen molar-refractivity contribution in [1.29, 1.82) is 0 Å². The number of rotatable bonds is 2. The Morgan fingerprint density at radius 1 is 1.17 bits per heavy atom. The van der Waals surface area contributed by atoms with Crippen molar-refractivity contribution in [3.8, 4) is 5.75 Å². The summed E-state index contributed by atoms with van der Waals surface area (Å²) in [6.07, 6.45) is -0.415. The summed E-state index contributed by atoms with van der Waals surface area (Å²) in [5.41, 5.74) is 0. The van der Waals surface area contributed by atoms with Gasteiger partial charge in [0.1, 0.15) is 0 Å². The van der Waals surface area contributed by atoms with Gasteiger partial charge >= 0.3 is 0 Å². The highest BCUT2D eigenvalue weighted by Gasteiger charge is 2.32. The number of amides is 2. The number of aliphatic imine (C=N–C) groups is 1. The van der Waals surface area contributed by atoms with E-state index in [0.717, 1.165) is 6.34 Å². The summed E-state index contributed by atoms with van der Waals surface area (Å²) in [5, 5.41) is 2.76. The molecular weight excluding hydrogens is 302 g/mol. The van der Waals surface area contributed by atoms with Gasteiger partial charge in [0.25, 0.3) is 17.9 Å². The quantitative estimate of drug-likeness (QED) is 0.851. The summed E-state index contributed by atoms with van der Waals surface area (Å²) in [4.78, 5) is 26.2. The fourth-order valence-electron chi connectivity index (χ4n) is 1.28. The van der Waals surface area contributed by atoms with Gasteiger partial charge in [-0.2, -0.15) is 4.99 Å². The topological polar surface area (TPSA) is 67.8 Å². The van der Waals surface area contributed by atoms with Gasteiger partial charge in [-0.1, -0.05) is 34.8 Å². The third-order valence-corrected chi connectivity index (χ3v) is 2.84. The van der Waals surface area contributed by atoms with Crippen molar-refractivity contribution in [2.45, 2.75) is 6.10 Å². The van der Waals surface area contributed by atoms with Gasteiger partial charge < -0.3 is 10.1 Å². The van der Waals surface area contributed by atoms with Crippen LogP contribution in [-0.4, -0.2) is 24.3 Å². The average molecular weight is 308 g/mol. The third kappa shape index (κ3) is 2.58. The Morgan fingerprint density at radius 3 is 2.33 bits per heavy atom. The predicted molar refractivity (Wildman–Crippen MR) is 67.5 cm³/mol. The van der Waals surface area contributed by atoms with Crippen LogP contribution in [0.15, 0.2) is 17.1 Å². The fourth-order valence-corrected chi connectivity index (χ4v) is 2.18. The second-order valence-electron chi connectivity index (χ2n) is 3.30. The lowest BCUT2D eigenvalue weighted by Crippen LogP contribution is -2.46. The molecule has 0 aromatic heterocycles. The summed E-state index contributed by atoms with van der Waals surface area (Å²) in [7, 11) is 0. The first kappa shape index (κ1) is 13.1. The Morgan fingerprint density at radius 2 is 1.78 bits per heavy atom. The number of carbonyl (C=O) groups is 2. The molecule has 0 aliphatic carbocycles. The van der Waals surface area contributed by atoms with Gasteiger partial charge in [0.15, 0.2) is 5.75 Å². The summed E-state index contributed by atoms with van der Waals surface area (Å²) >= 11 is 17.5. The van der Waals surface area contributed by atoms with Gasteiger partial charge in [-0.05, 0) is 12.1 Å². The number of halogens is 3. The first-order valence-corrected chi connectivity index (χ1v) is 5.80. The van der Waals surface area contributed by atoms with Crippen LogP contribution in [-0.2, 0) is 9.59 Å². The van der Waals surface area contributed by atoms with E-state index in [-0.39, 0.29) is 15.8 Å². The molecular formula is C10H5Cl3N2O3. The molecule has 0 saturated heterocycles. The summed E-state index contributed by atoms with van der Waals surface area (Å²) in [5.74, 6) is -1.37. The molecule has 0 bridgehead atoms. The Hall–Kier alpha value is -1.30. The van der Waals surface area contributed by atoms with Gasteiger partial charge in [-0.25, -0.2) is 0 Å². The molecule has 1 aromatic rings. The smallest absolute Gasteiger partial charge is 0.298 e. The zero-order valence-corrected chi connectivity index (χ0v) is 10.9. The molecule has 94 valence electrons. The minimum Gasteiger partial charge on any atom is -0.467 e. The molecule has 5 nitrogen and oxygen atoms in total. The molecule has 0 radical (unpaired) electrons. The van der Waals surface area contributed by atoms with E-state index < -0.39 is 17.9 Å². The van der Waals surface area contributed by atoms with E-state index in [1.54, 1.807) is 0 Å². The highest BCUT2D eigenvalue weighted by atomic mass is 35.5. The van der Waals surface area contributed by atoms with Crippen LogP contribution >= 0.6 is 34.8 Å². The fraction of sp³-hybridized carbons (Fsp3) is 0.100. The molecule has 0 saturated carbocycles. The van der Waals surface area contributed by atoms with Crippen molar-refractivity contribution < 1.29 is 14.3 Å². The van der Waals surface area contributed by atoms with Crippen LogP contribution in [0.5, 0.6) is 5.75 Å². The maximum atomic E-state index is 11.4. The van der Waals surface area contributed by atoms with Crippen LogP contribution in [0.4, 0.5) is 0 Å². The Kier molecular flexibility index (Phi) is 3.75. The molecule has 2 amide bonds. The maximum Gasteiger partial charge on any atom is 0.298 e. The molecule has 0 spiro atoms. The molecule has 1 aliphatic rings. The van der Waals surface area contributed by atoms with Gasteiger partial charge in [0.2, 0.25) is 0 Å². The number of nitrogens with one attached hydrogen (secondary N) is 1. The van der Waals surface area contributed by atoms with E-state index in [1.807, 2.05) is 0 Å². The maximum absolute atomic E-state index is 11.4. The Balaban J connectivity index is 2.32. The highest BCUT2D eigenvalue weighted by molar-refractivity contribution is 6.40. The molecule has 1 aliphatic heterocycles. The van der Waals surface area contributed by atoms with Gasteiger partial charge in [0, 0.05) is 5.02 Å². The Labute approximate surface area is 117 Å². The van der Waals surface area contributed by atoms with Crippen LogP contribution in [0.1, 0.15) is 0 Å². The SMILES string of the molecule is O=C1N=CNC(=O)C1Oc1c(Cl)cc(Cl)cc1Cl. The Bertz CT molecular complexity index is 536. The first-order valence-electron chi connectivity index (χ1n) is 4.67. The van der Waals surface area contributed by atoms with E-state index in [4.69, 9.17) is 39.5 Å². The number of carbonyl (C=O) groups excluding carboxylic acids is 2. The lowest BCUT2D eigenvalue weighted by Gasteiger charge is -2.18. The molecule has 0 fully saturated rings. The van der Waals surface area contributed by atoms with Crippen LogP contribution < -0.4 is 10.1 Å². The summed E-state index contributed by atoms with van der Waals surface area (Å²) < 4.78 is 5.20. The summed E-state index contributed by atoms with van der Waals surface area (Å²) in [6, 6.07) is 2.78.